The Morgan fingerprint density at radius 1 is 0.295 bits per heavy atom. The summed E-state index contributed by atoms with van der Waals surface area (Å²) in [6.45, 7) is 0. The molecule has 0 saturated carbocycles. The number of hydrazine groups is 4. The molecule has 52 nitrogen and oxygen atoms in total. The monoisotopic (exact) mass is 891 g/mol. The van der Waals surface area contributed by atoms with Gasteiger partial charge in [0.25, 0.3) is 22.2 Å². The van der Waals surface area contributed by atoms with Crippen molar-refractivity contribution in [2.24, 2.45) is 41.4 Å². The van der Waals surface area contributed by atoms with E-state index in [1.807, 2.05) is 0 Å². The van der Waals surface area contributed by atoms with Crippen LogP contribution >= 0.6 is 0 Å². The molecule has 328 valence electrons. The Balaban J connectivity index is 2.97. The molecule has 4 rings (SSSR count). The lowest BCUT2D eigenvalue weighted by Crippen LogP contribution is -3.11. The average Bonchev–Trinajstić information content (AvgIpc) is 3.94. The van der Waals surface area contributed by atoms with Crippen LogP contribution in [0.2, 0.25) is 0 Å². The van der Waals surface area contributed by atoms with E-state index in [1.54, 1.807) is 0 Å². The van der Waals surface area contributed by atoms with E-state index in [2.05, 4.69) is 41.4 Å². The predicted molar refractivity (Wildman–Crippen MR) is 156 cm³/mol. The first-order valence-corrected chi connectivity index (χ1v) is 13.8. The Morgan fingerprint density at radius 2 is 0.426 bits per heavy atom. The third-order valence-corrected chi connectivity index (χ3v) is 9.62. The summed E-state index contributed by atoms with van der Waals surface area (Å²) in [5.41, 5.74) is -18.1. The molecule has 4 atom stereocenters. The molecule has 0 radical (unpaired) electrons. The van der Waals surface area contributed by atoms with E-state index >= 15 is 0 Å². The van der Waals surface area contributed by atoms with E-state index < -0.39 is 111 Å². The van der Waals surface area contributed by atoms with Crippen molar-refractivity contribution in [1.29, 1.82) is 0 Å². The number of hydrogen-bond acceptors (Lipinski definition) is 40. The quantitative estimate of drug-likeness (QED) is 0.0243. The second-order valence-corrected chi connectivity index (χ2v) is 11.3. The Labute approximate surface area is 318 Å². The largest absolute Gasteiger partial charge is 0.708 e. The Bertz CT molecular complexity index is 1800. The van der Waals surface area contributed by atoms with Crippen molar-refractivity contribution in [3.05, 3.63) is 121 Å². The van der Waals surface area contributed by atoms with Crippen molar-refractivity contribution >= 4 is 6.15 Å². The lowest BCUT2D eigenvalue weighted by Gasteiger charge is -2.58. The van der Waals surface area contributed by atoms with Crippen molar-refractivity contribution in [1.82, 2.24) is 43.8 Å². The first-order valence-electron chi connectivity index (χ1n) is 13.8. The molecule has 0 aromatic carbocycles. The summed E-state index contributed by atoms with van der Waals surface area (Å²) in [5.74, 6) is -26.2. The van der Waals surface area contributed by atoms with Crippen LogP contribution in [0.15, 0.2) is 41.4 Å². The molecule has 0 fully saturated rings. The van der Waals surface area contributed by atoms with Crippen LogP contribution in [0.1, 0.15) is 0 Å². The first kappa shape index (κ1) is 44.0. The van der Waals surface area contributed by atoms with Gasteiger partial charge < -0.3 is 0 Å². The third-order valence-electron chi connectivity index (χ3n) is 9.62. The van der Waals surface area contributed by atoms with Crippen LogP contribution in [0.5, 0.6) is 0 Å². The van der Waals surface area contributed by atoms with E-state index in [9.17, 15) is 121 Å². The highest BCUT2D eigenvalue weighted by molar-refractivity contribution is 6.92. The second-order valence-electron chi connectivity index (χ2n) is 11.3. The molecule has 61 heavy (non-hydrogen) atoms. The van der Waals surface area contributed by atoms with Crippen LogP contribution < -0.4 is 43.8 Å². The van der Waals surface area contributed by atoms with Crippen LogP contribution in [-0.2, 0) is 0 Å². The van der Waals surface area contributed by atoms with Gasteiger partial charge in [-0.3, -0.25) is 121 Å². The number of rotatable bonds is 20. The van der Waals surface area contributed by atoms with Crippen molar-refractivity contribution in [3.8, 4) is 0 Å². The normalized spacial score (nSPS) is 26.4. The molecule has 8 N–H and O–H groups in total. The van der Waals surface area contributed by atoms with Crippen LogP contribution in [0.25, 0.3) is 0 Å². The van der Waals surface area contributed by atoms with Crippen LogP contribution in [0, 0.1) is 121 Å². The summed E-state index contributed by atoms with van der Waals surface area (Å²) in [6.07, 6.45) is -8.30. The number of nitrogens with zero attached hydrogens (tertiary/aromatic N) is 20. The first-order chi connectivity index (χ1) is 28.1. The van der Waals surface area contributed by atoms with Crippen LogP contribution in [0.4, 0.5) is 0 Å². The van der Waals surface area contributed by atoms with Crippen LogP contribution in [0.3, 0.4) is 0 Å². The summed E-state index contributed by atoms with van der Waals surface area (Å²) in [6, 6.07) is 0. The second kappa shape index (κ2) is 13.2. The van der Waals surface area contributed by atoms with E-state index in [0.717, 1.165) is 43.8 Å². The minimum atomic E-state index is -8.30. The van der Waals surface area contributed by atoms with E-state index in [-0.39, 0.29) is 0 Å². The molecule has 0 amide bonds. The minimum Gasteiger partial charge on any atom is -0.253 e. The lowest BCUT2D eigenvalue weighted by atomic mass is 8.99. The number of hydrogen-bond donors (Lipinski definition) is 8. The lowest BCUT2D eigenvalue weighted by molar-refractivity contribution is -0.987. The number of nitro groups is 12. The zero-order valence-electron chi connectivity index (χ0n) is 27.3. The maximum Gasteiger partial charge on any atom is 0.708 e. The van der Waals surface area contributed by atoms with Crippen LogP contribution in [-0.4, -0.2) is 111 Å². The minimum absolute atomic E-state index is 0.775. The van der Waals surface area contributed by atoms with Gasteiger partial charge in [-0.1, -0.05) is 20.9 Å². The van der Waals surface area contributed by atoms with Crippen molar-refractivity contribution in [2.45, 2.75) is 45.4 Å². The van der Waals surface area contributed by atoms with Crippen molar-refractivity contribution in [3.63, 3.8) is 0 Å². The summed E-state index contributed by atoms with van der Waals surface area (Å²) >= 11 is 0. The molecule has 53 heteroatoms. The fraction of sp³-hybridized carbons (Fsp3) is 1.00. The molecule has 4 unspecified atom stereocenters. The van der Waals surface area contributed by atoms with Gasteiger partial charge in [0, 0.05) is 0 Å². The molecule has 0 spiro atoms. The van der Waals surface area contributed by atoms with Gasteiger partial charge in [-0.15, -0.1) is 0 Å². The van der Waals surface area contributed by atoms with Gasteiger partial charge in [0.15, 0.2) is 59.1 Å². The topological polar surface area (TPSA) is 713 Å². The summed E-state index contributed by atoms with van der Waals surface area (Å²) in [4.78, 5) is 121. The summed E-state index contributed by atoms with van der Waals surface area (Å²) < 4.78 is 0. The Hall–Kier alpha value is -9.70. The van der Waals surface area contributed by atoms with E-state index in [4.69, 9.17) is 0 Å². The molecule has 0 bridgehead atoms. The maximum absolute atomic E-state index is 13.1. The Kier molecular flexibility index (Phi) is 9.52. The average molecular weight is 891 g/mol. The molecule has 0 aliphatic carbocycles. The molecule has 0 aromatic rings. The number of nitrogens with one attached hydrogen (secondary N) is 8. The molecule has 4 aliphatic rings. The predicted octanol–water partition coefficient (Wildman–Crippen LogP) is -7.79. The molecule has 0 saturated heterocycles. The van der Waals surface area contributed by atoms with Gasteiger partial charge in [0.2, 0.25) is 0 Å². The van der Waals surface area contributed by atoms with Gasteiger partial charge >= 0.3 is 29.3 Å². The fourth-order valence-corrected chi connectivity index (χ4v) is 7.79. The SMILES string of the molecule is O=[N+]([O-])C([N+](=O)[O-])([N+](=O)[O-])C1([B-](C2(C([N+](=O)[O-])([N+](=O)[O-])[N+](=O)[O-])N=NNN2)(C2(C([N+](=O)[O-])([N+](=O)[O-])[N+](=O)[O-])N=NNN2)C2(C([N+](=O)[O-])([N+](=O)[O-])[N+](=O)[O-])N=NNN2)N=NNN1. The molecule has 0 aromatic heterocycles. The molecule has 4 aliphatic heterocycles. The third kappa shape index (κ3) is 4.05. The van der Waals surface area contributed by atoms with E-state index in [1.165, 1.54) is 0 Å². The molecule has 4 heterocycles. The molecular weight excluding hydrogens is 883 g/mol. The zero-order valence-corrected chi connectivity index (χ0v) is 27.3. The fourth-order valence-electron chi connectivity index (χ4n) is 7.79. The van der Waals surface area contributed by atoms with Crippen molar-refractivity contribution < 1.29 is 59.1 Å². The van der Waals surface area contributed by atoms with Gasteiger partial charge in [-0.2, -0.15) is 20.5 Å². The van der Waals surface area contributed by atoms with E-state index in [0.29, 0.717) is 0 Å². The Morgan fingerprint density at radius 3 is 0.508 bits per heavy atom. The van der Waals surface area contributed by atoms with Gasteiger partial charge in [0.1, 0.15) is 0 Å². The van der Waals surface area contributed by atoms with Gasteiger partial charge in [0.05, 0.1) is 0 Å². The summed E-state index contributed by atoms with van der Waals surface area (Å²) in [5, 5.41) is 178. The maximum atomic E-state index is 13.1. The van der Waals surface area contributed by atoms with Gasteiger partial charge in [-0.25, -0.2) is 43.8 Å². The smallest absolute Gasteiger partial charge is 0.253 e. The highest BCUT2D eigenvalue weighted by atomic mass is 16.8. The van der Waals surface area contributed by atoms with Gasteiger partial charge in [-0.05, 0) is 0 Å². The summed E-state index contributed by atoms with van der Waals surface area (Å²) in [7, 11) is 0. The molecular formula is C8H8BN28O24-. The zero-order chi connectivity index (χ0) is 46.7. The van der Waals surface area contributed by atoms with Crippen molar-refractivity contribution in [2.75, 3.05) is 0 Å². The highest BCUT2D eigenvalue weighted by Crippen LogP contribution is 2.64. The highest BCUT2D eigenvalue weighted by Gasteiger charge is 3.17. The standard InChI is InChI=1S/C8H8BN28O24/c38-26(39)5(27(40)41,28(42)43)1(10-18-19-11-1)9(2(12-20-21-13-2)6(29(44)45,30(46)47)31(48)49,3(14-22-23-15-3)7(32(50)51,33(52)53)34(54)55)4(16-24-25-17-4)8(35(56)57,36(58)59)37(60)61/h(H,10,19)(H,11,18)(H,12,21)(H,13,20)(H,14,23)(H,15,22)(H,16,25)(H,17,24)/q-1.